The largest absolute Gasteiger partial charge is 0.445 e. The van der Waals surface area contributed by atoms with Gasteiger partial charge in [0.05, 0.1) is 24.7 Å². The molecule has 3 aliphatic heterocycles. The van der Waals surface area contributed by atoms with E-state index in [4.69, 9.17) is 23.7 Å². The molecule has 0 N–H and O–H groups in total. The second-order valence-electron chi connectivity index (χ2n) is 10.8. The maximum atomic E-state index is 13.2. The summed E-state index contributed by atoms with van der Waals surface area (Å²) in [6.45, 7) is 14.2. The summed E-state index contributed by atoms with van der Waals surface area (Å²) in [5.41, 5.74) is 0.634. The van der Waals surface area contributed by atoms with Crippen LogP contribution in [0.25, 0.3) is 0 Å². The second kappa shape index (κ2) is 10.7. The van der Waals surface area contributed by atoms with E-state index in [1.807, 2.05) is 6.92 Å². The molecule has 0 unspecified atom stereocenters. The third kappa shape index (κ3) is 5.29. The summed E-state index contributed by atoms with van der Waals surface area (Å²) in [5, 5.41) is 0. The van der Waals surface area contributed by atoms with E-state index in [1.165, 1.54) is 11.6 Å². The van der Waals surface area contributed by atoms with Gasteiger partial charge in [0, 0.05) is 26.7 Å². The molecular weight excluding hydrogens is 464 g/mol. The molecule has 3 heterocycles. The van der Waals surface area contributed by atoms with Gasteiger partial charge in [0.25, 0.3) is 0 Å². The first-order valence-electron chi connectivity index (χ1n) is 13.2. The maximum Gasteiger partial charge on any atom is 0.410 e. The number of carbonyl (C=O) groups excluding carboxylic acids is 2. The molecule has 1 spiro atoms. The van der Waals surface area contributed by atoms with E-state index in [2.05, 4.69) is 33.4 Å². The lowest BCUT2D eigenvalue weighted by molar-refractivity contribution is -0.125. The van der Waals surface area contributed by atoms with Crippen LogP contribution in [0.5, 0.6) is 0 Å². The fourth-order valence-corrected chi connectivity index (χ4v) is 5.95. The van der Waals surface area contributed by atoms with E-state index in [-0.39, 0.29) is 54.2 Å². The molecule has 0 aromatic carbocycles. The normalized spacial score (nSPS) is 36.5. The van der Waals surface area contributed by atoms with Gasteiger partial charge in [-0.15, -0.1) is 0 Å². The van der Waals surface area contributed by atoms with Crippen LogP contribution in [0, 0.1) is 5.92 Å². The third-order valence-corrected chi connectivity index (χ3v) is 8.26. The Kier molecular flexibility index (Phi) is 8.02. The van der Waals surface area contributed by atoms with Crippen LogP contribution < -0.4 is 0 Å². The molecule has 9 nitrogen and oxygen atoms in total. The number of methoxy groups -OCH3 is 1. The summed E-state index contributed by atoms with van der Waals surface area (Å²) in [6, 6.07) is -0.0926. The summed E-state index contributed by atoms with van der Waals surface area (Å²) in [7, 11) is 1.68. The van der Waals surface area contributed by atoms with Gasteiger partial charge >= 0.3 is 12.2 Å². The topological polar surface area (TPSA) is 93.4 Å². The second-order valence-corrected chi connectivity index (χ2v) is 10.8. The minimum absolute atomic E-state index is 0.0143. The van der Waals surface area contributed by atoms with Crippen molar-refractivity contribution in [1.29, 1.82) is 0 Å². The van der Waals surface area contributed by atoms with E-state index in [1.54, 1.807) is 16.9 Å². The standard InChI is InChI=1S/C27H42N2O7/c1-7-15-33-24(30)28(8-2)16-19-12-14-29(19)25(31)35-20-11-13-27(17-34-27)23(22(20)32-6)26(5)21(36-26)10-9-18(3)4/h7,9,19-23H,1,8,10-17H2,2-6H3/t19-,20+,21+,22+,23+,26-,27-/m0/s1. The molecule has 4 aliphatic rings. The van der Waals surface area contributed by atoms with Gasteiger partial charge in [-0.2, -0.15) is 0 Å². The van der Waals surface area contributed by atoms with Crippen molar-refractivity contribution in [2.75, 3.05) is 40.0 Å². The molecule has 0 bridgehead atoms. The van der Waals surface area contributed by atoms with Crippen LogP contribution in [-0.4, -0.2) is 97.5 Å². The first kappa shape index (κ1) is 26.9. The van der Waals surface area contributed by atoms with Gasteiger partial charge in [0.1, 0.15) is 30.0 Å². The summed E-state index contributed by atoms with van der Waals surface area (Å²) >= 11 is 0. The van der Waals surface area contributed by atoms with Gasteiger partial charge in [-0.1, -0.05) is 24.3 Å². The predicted octanol–water partition coefficient (Wildman–Crippen LogP) is 3.92. The molecule has 0 aromatic heterocycles. The summed E-state index contributed by atoms with van der Waals surface area (Å²) in [4.78, 5) is 28.8. The van der Waals surface area contributed by atoms with Crippen molar-refractivity contribution in [1.82, 2.24) is 9.80 Å². The molecule has 2 amide bonds. The fraction of sp³-hybridized carbons (Fsp3) is 0.778. The zero-order chi connectivity index (χ0) is 26.1. The molecule has 4 fully saturated rings. The quantitative estimate of drug-likeness (QED) is 0.327. The number of rotatable bonds is 10. The lowest BCUT2D eigenvalue weighted by Gasteiger charge is -2.45. The van der Waals surface area contributed by atoms with Gasteiger partial charge in [-0.3, -0.25) is 0 Å². The highest BCUT2D eigenvalue weighted by Crippen LogP contribution is 2.59. The van der Waals surface area contributed by atoms with Crippen molar-refractivity contribution in [2.24, 2.45) is 5.92 Å². The van der Waals surface area contributed by atoms with Gasteiger partial charge in [0.15, 0.2) is 0 Å². The lowest BCUT2D eigenvalue weighted by Crippen LogP contribution is -2.59. The Hall–Kier alpha value is -2.10. The predicted molar refractivity (Wildman–Crippen MR) is 134 cm³/mol. The molecule has 36 heavy (non-hydrogen) atoms. The first-order chi connectivity index (χ1) is 17.2. The Morgan fingerprint density at radius 3 is 2.58 bits per heavy atom. The van der Waals surface area contributed by atoms with Crippen LogP contribution in [0.15, 0.2) is 24.3 Å². The van der Waals surface area contributed by atoms with Crippen LogP contribution >= 0.6 is 0 Å². The SMILES string of the molecule is C=CCOC(=O)N(CC)C[C@@H]1CCN1C(=O)O[C@@H]1CC[C@]2(CO2)[C@@H]([C@@]2(C)O[C@@H]2CC=C(C)C)[C@@H]1OC. The van der Waals surface area contributed by atoms with Crippen molar-refractivity contribution >= 4 is 12.2 Å². The maximum absolute atomic E-state index is 13.2. The Morgan fingerprint density at radius 2 is 2.03 bits per heavy atom. The van der Waals surface area contributed by atoms with Crippen LogP contribution in [0.1, 0.15) is 53.4 Å². The number of likely N-dealkylation sites (N-methyl/N-ethyl adjacent to an activating group) is 1. The van der Waals surface area contributed by atoms with Crippen LogP contribution in [0.2, 0.25) is 0 Å². The Bertz CT molecular complexity index is 868. The molecule has 0 aromatic rings. The van der Waals surface area contributed by atoms with E-state index in [0.29, 0.717) is 32.7 Å². The number of hydrogen-bond acceptors (Lipinski definition) is 7. The van der Waals surface area contributed by atoms with E-state index in [9.17, 15) is 9.59 Å². The molecule has 9 heteroatoms. The number of amides is 2. The highest BCUT2D eigenvalue weighted by molar-refractivity contribution is 5.70. The van der Waals surface area contributed by atoms with Crippen molar-refractivity contribution in [3.63, 3.8) is 0 Å². The average molecular weight is 507 g/mol. The summed E-state index contributed by atoms with van der Waals surface area (Å²) in [6.07, 6.45) is 5.55. The molecule has 202 valence electrons. The van der Waals surface area contributed by atoms with E-state index < -0.39 is 6.09 Å². The Labute approximate surface area is 214 Å². The minimum atomic E-state index is -0.401. The fourth-order valence-electron chi connectivity index (χ4n) is 5.95. The highest BCUT2D eigenvalue weighted by Gasteiger charge is 2.72. The average Bonchev–Trinajstić information content (AvgIpc) is 3.74. The number of carbonyl (C=O) groups is 2. The van der Waals surface area contributed by atoms with Crippen LogP contribution in [-0.2, 0) is 23.7 Å². The number of likely N-dealkylation sites (tertiary alicyclic amines) is 1. The molecular formula is C27H42N2O7. The molecule has 3 saturated heterocycles. The highest BCUT2D eigenvalue weighted by atomic mass is 16.6. The third-order valence-electron chi connectivity index (χ3n) is 8.26. The summed E-state index contributed by atoms with van der Waals surface area (Å²) < 4.78 is 29.5. The smallest absolute Gasteiger partial charge is 0.410 e. The zero-order valence-corrected chi connectivity index (χ0v) is 22.4. The van der Waals surface area contributed by atoms with E-state index in [0.717, 1.165) is 19.3 Å². The number of hydrogen-bond donors (Lipinski definition) is 0. The zero-order valence-electron chi connectivity index (χ0n) is 22.4. The monoisotopic (exact) mass is 506 g/mol. The van der Waals surface area contributed by atoms with Crippen molar-refractivity contribution in [3.8, 4) is 0 Å². The number of ether oxygens (including phenoxy) is 5. The lowest BCUT2D eigenvalue weighted by atomic mass is 9.68. The van der Waals surface area contributed by atoms with Crippen molar-refractivity contribution in [2.45, 2.75) is 88.9 Å². The van der Waals surface area contributed by atoms with Gasteiger partial charge < -0.3 is 33.5 Å². The number of allylic oxidation sites excluding steroid dienone is 1. The Balaban J connectivity index is 1.38. The van der Waals surface area contributed by atoms with Crippen molar-refractivity contribution < 1.29 is 33.3 Å². The number of epoxide rings is 2. The minimum Gasteiger partial charge on any atom is -0.445 e. The molecule has 1 aliphatic carbocycles. The van der Waals surface area contributed by atoms with Crippen LogP contribution in [0.4, 0.5) is 9.59 Å². The number of nitrogens with zero attached hydrogens (tertiary/aromatic N) is 2. The molecule has 0 radical (unpaired) electrons. The summed E-state index contributed by atoms with van der Waals surface area (Å²) in [5.74, 6) is -0.0143. The molecule has 1 saturated carbocycles. The van der Waals surface area contributed by atoms with E-state index >= 15 is 0 Å². The van der Waals surface area contributed by atoms with Crippen molar-refractivity contribution in [3.05, 3.63) is 24.3 Å². The molecule has 7 atom stereocenters. The molecule has 4 rings (SSSR count). The Morgan fingerprint density at radius 1 is 1.28 bits per heavy atom. The van der Waals surface area contributed by atoms with Gasteiger partial charge in [0.2, 0.25) is 0 Å². The van der Waals surface area contributed by atoms with Crippen LogP contribution in [0.3, 0.4) is 0 Å². The van der Waals surface area contributed by atoms with Gasteiger partial charge in [-0.25, -0.2) is 9.59 Å². The van der Waals surface area contributed by atoms with Gasteiger partial charge in [-0.05, 0) is 53.4 Å². The first-order valence-corrected chi connectivity index (χ1v) is 13.2.